The van der Waals surface area contributed by atoms with Gasteiger partial charge in [-0.25, -0.2) is 9.97 Å². The summed E-state index contributed by atoms with van der Waals surface area (Å²) in [4.78, 5) is 13.0. The minimum absolute atomic E-state index is 0.669. The fraction of sp³-hybridized carbons (Fsp3) is 0.462. The summed E-state index contributed by atoms with van der Waals surface area (Å²) in [5.41, 5.74) is 0.949. The second-order valence-electron chi connectivity index (χ2n) is 4.38. The highest BCUT2D eigenvalue weighted by atomic mass is 15.1. The zero-order chi connectivity index (χ0) is 13.7. The Balaban J connectivity index is 1.94. The molecule has 0 saturated carbocycles. The summed E-state index contributed by atoms with van der Waals surface area (Å²) in [5, 5.41) is 6.43. The van der Waals surface area contributed by atoms with Crippen molar-refractivity contribution < 1.29 is 0 Å². The largest absolute Gasteiger partial charge is 0.369 e. The number of nitrogens with zero attached hydrogens (tertiary/aromatic N) is 4. The van der Waals surface area contributed by atoms with Gasteiger partial charge in [-0.3, -0.25) is 0 Å². The second kappa shape index (κ2) is 6.17. The lowest BCUT2D eigenvalue weighted by molar-refractivity contribution is 0.788. The summed E-state index contributed by atoms with van der Waals surface area (Å²) in [6.07, 6.45) is 4.63. The lowest BCUT2D eigenvalue weighted by Crippen LogP contribution is -2.11. The summed E-state index contributed by atoms with van der Waals surface area (Å²) in [7, 11) is 2.00. The molecule has 2 N–H and O–H groups in total. The fourth-order valence-corrected chi connectivity index (χ4v) is 1.84. The zero-order valence-electron chi connectivity index (χ0n) is 11.6. The van der Waals surface area contributed by atoms with Crippen LogP contribution in [0.15, 0.2) is 18.5 Å². The van der Waals surface area contributed by atoms with Crippen LogP contribution in [0.25, 0.3) is 0 Å². The van der Waals surface area contributed by atoms with Crippen LogP contribution < -0.4 is 10.6 Å². The van der Waals surface area contributed by atoms with Crippen molar-refractivity contribution in [2.24, 2.45) is 7.05 Å². The topological polar surface area (TPSA) is 67.7 Å². The van der Waals surface area contributed by atoms with E-state index in [1.165, 1.54) is 0 Å². The van der Waals surface area contributed by atoms with Crippen LogP contribution in [0.1, 0.15) is 18.4 Å². The highest BCUT2D eigenvalue weighted by Crippen LogP contribution is 2.09. The van der Waals surface area contributed by atoms with E-state index < -0.39 is 0 Å². The molecule has 2 heterocycles. The van der Waals surface area contributed by atoms with Crippen LogP contribution in [0.5, 0.6) is 0 Å². The van der Waals surface area contributed by atoms with E-state index in [1.54, 1.807) is 0 Å². The predicted octanol–water partition coefficient (Wildman–Crippen LogP) is 1.60. The molecule has 102 valence electrons. The summed E-state index contributed by atoms with van der Waals surface area (Å²) in [5.74, 6) is 2.57. The maximum atomic E-state index is 4.40. The Morgan fingerprint density at radius 1 is 1.26 bits per heavy atom. The van der Waals surface area contributed by atoms with Gasteiger partial charge in [-0.1, -0.05) is 0 Å². The van der Waals surface area contributed by atoms with Crippen molar-refractivity contribution in [2.75, 3.05) is 23.7 Å². The lowest BCUT2D eigenvalue weighted by atomic mass is 10.3. The van der Waals surface area contributed by atoms with E-state index in [2.05, 4.69) is 25.6 Å². The highest BCUT2D eigenvalue weighted by molar-refractivity contribution is 5.42. The van der Waals surface area contributed by atoms with Crippen LogP contribution >= 0.6 is 0 Å². The van der Waals surface area contributed by atoms with E-state index in [4.69, 9.17) is 0 Å². The molecule has 6 heteroatoms. The Morgan fingerprint density at radius 3 is 2.79 bits per heavy atom. The fourth-order valence-electron chi connectivity index (χ4n) is 1.84. The van der Waals surface area contributed by atoms with Gasteiger partial charge in [-0.05, 0) is 13.8 Å². The molecule has 0 radical (unpaired) electrons. The third-order valence-corrected chi connectivity index (χ3v) is 2.76. The van der Waals surface area contributed by atoms with Gasteiger partial charge in [0.1, 0.15) is 11.6 Å². The molecular weight excluding hydrogens is 240 g/mol. The van der Waals surface area contributed by atoms with Gasteiger partial charge in [-0.15, -0.1) is 0 Å². The van der Waals surface area contributed by atoms with Crippen LogP contribution in [-0.4, -0.2) is 32.6 Å². The minimum atomic E-state index is 0.669. The first-order valence-electron chi connectivity index (χ1n) is 6.48. The first kappa shape index (κ1) is 13.3. The lowest BCUT2D eigenvalue weighted by Gasteiger charge is -2.09. The van der Waals surface area contributed by atoms with Crippen LogP contribution in [0, 0.1) is 6.92 Å². The molecule has 6 nitrogen and oxygen atoms in total. The Labute approximate surface area is 113 Å². The molecule has 0 amide bonds. The van der Waals surface area contributed by atoms with Crippen LogP contribution in [0.3, 0.4) is 0 Å². The van der Waals surface area contributed by atoms with Gasteiger partial charge in [0.2, 0.25) is 5.95 Å². The SMILES string of the molecule is CCNc1nc(C)cc(NCCc2nccn2C)n1. The Morgan fingerprint density at radius 2 is 2.11 bits per heavy atom. The van der Waals surface area contributed by atoms with Crippen molar-refractivity contribution in [3.63, 3.8) is 0 Å². The van der Waals surface area contributed by atoms with E-state index >= 15 is 0 Å². The van der Waals surface area contributed by atoms with E-state index in [-0.39, 0.29) is 0 Å². The zero-order valence-corrected chi connectivity index (χ0v) is 11.6. The summed E-state index contributed by atoms with van der Waals surface area (Å²) >= 11 is 0. The molecular formula is C13H20N6. The number of anilines is 2. The standard InChI is InChI=1S/C13H20N6/c1-4-14-13-17-10(2)9-11(18-13)15-6-5-12-16-7-8-19(12)3/h7-9H,4-6H2,1-3H3,(H2,14,15,17,18). The normalized spacial score (nSPS) is 10.5. The third-order valence-electron chi connectivity index (χ3n) is 2.76. The van der Waals surface area contributed by atoms with Gasteiger partial charge < -0.3 is 15.2 Å². The van der Waals surface area contributed by atoms with E-state index in [1.807, 2.05) is 43.9 Å². The predicted molar refractivity (Wildman–Crippen MR) is 76.3 cm³/mol. The Bertz CT molecular complexity index is 534. The molecule has 0 fully saturated rings. The smallest absolute Gasteiger partial charge is 0.224 e. The number of nitrogens with one attached hydrogen (secondary N) is 2. The number of hydrogen-bond donors (Lipinski definition) is 2. The number of aromatic nitrogens is 4. The van der Waals surface area contributed by atoms with E-state index in [9.17, 15) is 0 Å². The summed E-state index contributed by atoms with van der Waals surface area (Å²) in [6.45, 7) is 5.61. The molecule has 19 heavy (non-hydrogen) atoms. The average Bonchev–Trinajstić information content (AvgIpc) is 2.75. The van der Waals surface area contributed by atoms with E-state index in [0.717, 1.165) is 36.8 Å². The number of rotatable bonds is 6. The monoisotopic (exact) mass is 260 g/mol. The molecule has 2 aromatic heterocycles. The number of imidazole rings is 1. The summed E-state index contributed by atoms with van der Waals surface area (Å²) in [6, 6.07) is 1.94. The molecule has 2 rings (SSSR count). The number of aryl methyl sites for hydroxylation is 2. The van der Waals surface area contributed by atoms with Crippen LogP contribution in [0.4, 0.5) is 11.8 Å². The first-order valence-corrected chi connectivity index (χ1v) is 6.48. The molecule has 0 atom stereocenters. The van der Waals surface area contributed by atoms with Crippen LogP contribution in [-0.2, 0) is 13.5 Å². The van der Waals surface area contributed by atoms with Gasteiger partial charge in [0.25, 0.3) is 0 Å². The molecule has 0 aliphatic rings. The molecule has 0 spiro atoms. The van der Waals surface area contributed by atoms with E-state index in [0.29, 0.717) is 5.95 Å². The van der Waals surface area contributed by atoms with Gasteiger partial charge in [0.15, 0.2) is 0 Å². The molecule has 0 saturated heterocycles. The van der Waals surface area contributed by atoms with Gasteiger partial charge in [0.05, 0.1) is 0 Å². The van der Waals surface area contributed by atoms with Crippen molar-refractivity contribution in [1.29, 1.82) is 0 Å². The molecule has 0 aromatic carbocycles. The maximum absolute atomic E-state index is 4.40. The summed E-state index contributed by atoms with van der Waals surface area (Å²) < 4.78 is 2.02. The number of hydrogen-bond acceptors (Lipinski definition) is 5. The van der Waals surface area contributed by atoms with Crippen molar-refractivity contribution in [2.45, 2.75) is 20.3 Å². The van der Waals surface area contributed by atoms with Gasteiger partial charge >= 0.3 is 0 Å². The molecule has 0 aliphatic heterocycles. The quantitative estimate of drug-likeness (QED) is 0.826. The second-order valence-corrected chi connectivity index (χ2v) is 4.38. The Hall–Kier alpha value is -2.11. The third kappa shape index (κ3) is 3.67. The van der Waals surface area contributed by atoms with Crippen molar-refractivity contribution in [3.05, 3.63) is 30.0 Å². The van der Waals surface area contributed by atoms with Gasteiger partial charge in [0, 0.05) is 50.7 Å². The molecule has 0 unspecified atom stereocenters. The van der Waals surface area contributed by atoms with Crippen molar-refractivity contribution in [1.82, 2.24) is 19.5 Å². The minimum Gasteiger partial charge on any atom is -0.369 e. The van der Waals surface area contributed by atoms with Crippen molar-refractivity contribution in [3.8, 4) is 0 Å². The van der Waals surface area contributed by atoms with Crippen molar-refractivity contribution >= 4 is 11.8 Å². The maximum Gasteiger partial charge on any atom is 0.224 e. The molecule has 0 aliphatic carbocycles. The molecule has 2 aromatic rings. The average molecular weight is 260 g/mol. The Kier molecular flexibility index (Phi) is 4.33. The molecule has 0 bridgehead atoms. The first-order chi connectivity index (χ1) is 9.19. The van der Waals surface area contributed by atoms with Gasteiger partial charge in [-0.2, -0.15) is 4.98 Å². The van der Waals surface area contributed by atoms with Crippen LogP contribution in [0.2, 0.25) is 0 Å². The highest BCUT2D eigenvalue weighted by Gasteiger charge is 2.02.